The van der Waals surface area contributed by atoms with Gasteiger partial charge < -0.3 is 4.42 Å². The van der Waals surface area contributed by atoms with E-state index in [2.05, 4.69) is 21.0 Å². The van der Waals surface area contributed by atoms with Gasteiger partial charge in [-0.3, -0.25) is 4.79 Å². The molecule has 4 rings (SSSR count). The molecule has 0 saturated carbocycles. The van der Waals surface area contributed by atoms with Crippen LogP contribution in [0.25, 0.3) is 0 Å². The number of carbonyl (C=O) groups is 1. The second kappa shape index (κ2) is 6.92. The Bertz CT molecular complexity index is 962. The van der Waals surface area contributed by atoms with Crippen LogP contribution in [0.3, 0.4) is 0 Å². The van der Waals surface area contributed by atoms with Gasteiger partial charge in [0.2, 0.25) is 0 Å². The first-order valence-corrected chi connectivity index (χ1v) is 9.19. The molecule has 1 aliphatic rings. The molecule has 0 bridgehead atoms. The summed E-state index contributed by atoms with van der Waals surface area (Å²) in [6.07, 6.45) is 2.23. The van der Waals surface area contributed by atoms with Crippen LogP contribution in [0.1, 0.15) is 39.7 Å². The van der Waals surface area contributed by atoms with Crippen molar-refractivity contribution in [1.82, 2.24) is 5.01 Å². The Hall–Kier alpha value is -2.66. The minimum Gasteiger partial charge on any atom is -0.463 e. The fourth-order valence-corrected chi connectivity index (χ4v) is 3.65. The quantitative estimate of drug-likeness (QED) is 0.586. The van der Waals surface area contributed by atoms with Gasteiger partial charge in [-0.15, -0.1) is 0 Å². The van der Waals surface area contributed by atoms with E-state index in [4.69, 9.17) is 4.42 Å². The molecule has 0 aliphatic carbocycles. The Morgan fingerprint density at radius 2 is 1.88 bits per heavy atom. The predicted molar refractivity (Wildman–Crippen MR) is 104 cm³/mol. The average molecular weight is 409 g/mol. The molecule has 4 nitrogen and oxygen atoms in total. The molecule has 0 spiro atoms. The third kappa shape index (κ3) is 3.10. The number of hydrazone groups is 1. The van der Waals surface area contributed by atoms with Crippen LogP contribution in [-0.2, 0) is 0 Å². The SMILES string of the molecule is Cc1ccc(C(=O)N2N=C(c3ccco3)CC2c2ccccc2Br)cc1. The van der Waals surface area contributed by atoms with Crippen LogP contribution in [-0.4, -0.2) is 16.6 Å². The molecule has 0 fully saturated rings. The van der Waals surface area contributed by atoms with Gasteiger partial charge in [-0.05, 0) is 42.8 Å². The zero-order chi connectivity index (χ0) is 18.1. The van der Waals surface area contributed by atoms with Crippen molar-refractivity contribution in [2.45, 2.75) is 19.4 Å². The molecule has 1 amide bonds. The number of hydrogen-bond donors (Lipinski definition) is 0. The zero-order valence-electron chi connectivity index (χ0n) is 14.2. The van der Waals surface area contributed by atoms with E-state index in [0.29, 0.717) is 17.7 Å². The fraction of sp³-hybridized carbons (Fsp3) is 0.143. The molecule has 3 aromatic rings. The number of rotatable bonds is 3. The summed E-state index contributed by atoms with van der Waals surface area (Å²) in [4.78, 5) is 13.1. The molecule has 0 radical (unpaired) electrons. The summed E-state index contributed by atoms with van der Waals surface area (Å²) < 4.78 is 6.46. The number of amides is 1. The normalized spacial score (nSPS) is 16.6. The lowest BCUT2D eigenvalue weighted by atomic mass is 10.0. The topological polar surface area (TPSA) is 45.8 Å². The van der Waals surface area contributed by atoms with Gasteiger partial charge in [0.25, 0.3) is 5.91 Å². The molecule has 5 heteroatoms. The molecule has 1 unspecified atom stereocenters. The summed E-state index contributed by atoms with van der Waals surface area (Å²) in [5.74, 6) is 0.577. The monoisotopic (exact) mass is 408 g/mol. The van der Waals surface area contributed by atoms with Crippen molar-refractivity contribution in [2.24, 2.45) is 5.10 Å². The van der Waals surface area contributed by atoms with Gasteiger partial charge in [0.05, 0.1) is 12.3 Å². The van der Waals surface area contributed by atoms with Crippen molar-refractivity contribution in [2.75, 3.05) is 0 Å². The van der Waals surface area contributed by atoms with Gasteiger partial charge in [0, 0.05) is 16.5 Å². The summed E-state index contributed by atoms with van der Waals surface area (Å²) in [7, 11) is 0. The highest BCUT2D eigenvalue weighted by atomic mass is 79.9. The van der Waals surface area contributed by atoms with Gasteiger partial charge in [0.15, 0.2) is 0 Å². The van der Waals surface area contributed by atoms with Crippen molar-refractivity contribution < 1.29 is 9.21 Å². The Morgan fingerprint density at radius 3 is 2.58 bits per heavy atom. The number of nitrogens with zero attached hydrogens (tertiary/aromatic N) is 2. The fourth-order valence-electron chi connectivity index (χ4n) is 3.11. The highest BCUT2D eigenvalue weighted by Crippen LogP contribution is 2.37. The van der Waals surface area contributed by atoms with Crippen molar-refractivity contribution in [3.8, 4) is 0 Å². The first-order valence-electron chi connectivity index (χ1n) is 8.39. The van der Waals surface area contributed by atoms with Crippen molar-refractivity contribution >= 4 is 27.5 Å². The molecule has 1 aromatic heterocycles. The molecular formula is C21H17BrN2O2. The lowest BCUT2D eigenvalue weighted by molar-refractivity contribution is 0.0710. The third-order valence-electron chi connectivity index (χ3n) is 4.49. The summed E-state index contributed by atoms with van der Waals surface area (Å²) in [5.41, 5.74) is 3.54. The first kappa shape index (κ1) is 16.8. The Labute approximate surface area is 160 Å². The molecule has 1 aliphatic heterocycles. The van der Waals surface area contributed by atoms with E-state index in [9.17, 15) is 4.79 Å². The minimum absolute atomic E-state index is 0.118. The van der Waals surface area contributed by atoms with E-state index in [-0.39, 0.29) is 11.9 Å². The largest absolute Gasteiger partial charge is 0.463 e. The second-order valence-corrected chi connectivity index (χ2v) is 7.14. The van der Waals surface area contributed by atoms with Crippen molar-refractivity contribution in [3.05, 3.63) is 93.9 Å². The summed E-state index contributed by atoms with van der Waals surface area (Å²) in [6, 6.07) is 19.0. The van der Waals surface area contributed by atoms with E-state index in [0.717, 1.165) is 21.3 Å². The Kier molecular flexibility index (Phi) is 4.47. The second-order valence-electron chi connectivity index (χ2n) is 6.28. The highest BCUT2D eigenvalue weighted by Gasteiger charge is 2.35. The van der Waals surface area contributed by atoms with Gasteiger partial charge in [-0.25, -0.2) is 5.01 Å². The van der Waals surface area contributed by atoms with Crippen molar-refractivity contribution in [1.29, 1.82) is 0 Å². The van der Waals surface area contributed by atoms with E-state index in [1.807, 2.05) is 67.6 Å². The molecule has 0 saturated heterocycles. The van der Waals surface area contributed by atoms with Crippen LogP contribution < -0.4 is 0 Å². The number of benzene rings is 2. The maximum absolute atomic E-state index is 13.1. The number of aryl methyl sites for hydroxylation is 1. The van der Waals surface area contributed by atoms with Crippen LogP contribution in [0.4, 0.5) is 0 Å². The van der Waals surface area contributed by atoms with E-state index < -0.39 is 0 Å². The van der Waals surface area contributed by atoms with Crippen LogP contribution in [0.2, 0.25) is 0 Å². The van der Waals surface area contributed by atoms with Crippen LogP contribution in [0, 0.1) is 6.92 Å². The number of halogens is 1. The maximum atomic E-state index is 13.1. The van der Waals surface area contributed by atoms with E-state index >= 15 is 0 Å². The molecule has 2 aromatic carbocycles. The van der Waals surface area contributed by atoms with Gasteiger partial charge in [-0.2, -0.15) is 5.10 Å². The maximum Gasteiger partial charge on any atom is 0.274 e. The van der Waals surface area contributed by atoms with Crippen LogP contribution in [0.5, 0.6) is 0 Å². The lowest BCUT2D eigenvalue weighted by Gasteiger charge is -2.23. The van der Waals surface area contributed by atoms with Gasteiger partial charge in [-0.1, -0.05) is 51.8 Å². The third-order valence-corrected chi connectivity index (χ3v) is 5.21. The molecular weight excluding hydrogens is 392 g/mol. The first-order chi connectivity index (χ1) is 12.6. The Morgan fingerprint density at radius 1 is 1.12 bits per heavy atom. The average Bonchev–Trinajstić information content (AvgIpc) is 3.32. The molecule has 1 atom stereocenters. The lowest BCUT2D eigenvalue weighted by Crippen LogP contribution is -2.27. The van der Waals surface area contributed by atoms with Crippen molar-refractivity contribution in [3.63, 3.8) is 0 Å². The standard InChI is InChI=1S/C21H17BrN2O2/c1-14-8-10-15(11-9-14)21(25)24-19(16-5-2-3-6-17(16)22)13-18(23-24)20-7-4-12-26-20/h2-12,19H,13H2,1H3. The van der Waals surface area contributed by atoms with Gasteiger partial charge in [0.1, 0.15) is 11.5 Å². The Balaban J connectivity index is 1.74. The summed E-state index contributed by atoms with van der Waals surface area (Å²) >= 11 is 3.61. The minimum atomic E-state index is -0.181. The molecule has 2 heterocycles. The van der Waals surface area contributed by atoms with E-state index in [1.165, 1.54) is 0 Å². The summed E-state index contributed by atoms with van der Waals surface area (Å²) in [5, 5.41) is 6.19. The summed E-state index contributed by atoms with van der Waals surface area (Å²) in [6.45, 7) is 2.00. The molecule has 130 valence electrons. The smallest absolute Gasteiger partial charge is 0.274 e. The van der Waals surface area contributed by atoms with Crippen LogP contribution >= 0.6 is 15.9 Å². The molecule has 0 N–H and O–H groups in total. The number of carbonyl (C=O) groups excluding carboxylic acids is 1. The number of furan rings is 1. The molecule has 26 heavy (non-hydrogen) atoms. The van der Waals surface area contributed by atoms with Gasteiger partial charge >= 0.3 is 0 Å². The van der Waals surface area contributed by atoms with Crippen LogP contribution in [0.15, 0.2) is 80.9 Å². The van der Waals surface area contributed by atoms with E-state index in [1.54, 1.807) is 11.3 Å². The predicted octanol–water partition coefficient (Wildman–Crippen LogP) is 5.34. The highest BCUT2D eigenvalue weighted by molar-refractivity contribution is 9.10. The number of hydrogen-bond acceptors (Lipinski definition) is 3. The zero-order valence-corrected chi connectivity index (χ0v) is 15.8.